The van der Waals surface area contributed by atoms with Crippen molar-refractivity contribution in [3.8, 4) is 5.75 Å². The van der Waals surface area contributed by atoms with Crippen molar-refractivity contribution in [2.75, 3.05) is 13.7 Å². The number of rotatable bonds is 5. The van der Waals surface area contributed by atoms with Crippen molar-refractivity contribution in [1.29, 1.82) is 0 Å². The topological polar surface area (TPSA) is 66.9 Å². The fourth-order valence-electron chi connectivity index (χ4n) is 3.58. The van der Waals surface area contributed by atoms with Gasteiger partial charge in [0.15, 0.2) is 0 Å². The van der Waals surface area contributed by atoms with Gasteiger partial charge >= 0.3 is 0 Å². The van der Waals surface area contributed by atoms with Crippen LogP contribution in [0.25, 0.3) is 0 Å². The molecule has 1 atom stereocenters. The molecule has 2 aromatic heterocycles. The predicted octanol–water partition coefficient (Wildman–Crippen LogP) is 3.06. The van der Waals surface area contributed by atoms with Crippen LogP contribution in [-0.2, 0) is 19.4 Å². The van der Waals surface area contributed by atoms with Crippen LogP contribution in [0.5, 0.6) is 5.75 Å². The Balaban J connectivity index is 1.69. The second-order valence-electron chi connectivity index (χ2n) is 6.64. The SMILES string of the molecule is CCc1ncc(CN2CCc3[nH]cnc3C2c2ccc(OC)cc2F)cn1. The van der Waals surface area contributed by atoms with Crippen molar-refractivity contribution in [1.82, 2.24) is 24.8 Å². The molecule has 3 aromatic rings. The highest BCUT2D eigenvalue weighted by Gasteiger charge is 2.33. The summed E-state index contributed by atoms with van der Waals surface area (Å²) in [6.07, 6.45) is 7.04. The van der Waals surface area contributed by atoms with E-state index in [1.54, 1.807) is 18.5 Å². The molecule has 27 heavy (non-hydrogen) atoms. The fourth-order valence-corrected chi connectivity index (χ4v) is 3.58. The smallest absolute Gasteiger partial charge is 0.132 e. The van der Waals surface area contributed by atoms with Crippen LogP contribution < -0.4 is 4.74 Å². The molecule has 0 saturated heterocycles. The normalized spacial score (nSPS) is 16.9. The van der Waals surface area contributed by atoms with Gasteiger partial charge < -0.3 is 9.72 Å². The Morgan fingerprint density at radius 3 is 2.78 bits per heavy atom. The zero-order valence-electron chi connectivity index (χ0n) is 15.4. The van der Waals surface area contributed by atoms with E-state index in [1.165, 1.54) is 13.2 Å². The maximum absolute atomic E-state index is 14.9. The third-order valence-electron chi connectivity index (χ3n) is 4.99. The van der Waals surface area contributed by atoms with Crippen LogP contribution in [0.3, 0.4) is 0 Å². The molecule has 1 aliphatic heterocycles. The lowest BCUT2D eigenvalue weighted by Crippen LogP contribution is -2.36. The van der Waals surface area contributed by atoms with Gasteiger partial charge in [-0.1, -0.05) is 13.0 Å². The molecule has 0 aliphatic carbocycles. The number of nitrogens with one attached hydrogen (secondary N) is 1. The molecule has 0 saturated carbocycles. The van der Waals surface area contributed by atoms with Crippen molar-refractivity contribution >= 4 is 0 Å². The summed E-state index contributed by atoms with van der Waals surface area (Å²) in [6.45, 7) is 3.45. The third-order valence-corrected chi connectivity index (χ3v) is 4.99. The third kappa shape index (κ3) is 3.42. The second kappa shape index (κ2) is 7.44. The van der Waals surface area contributed by atoms with Gasteiger partial charge in [-0.15, -0.1) is 0 Å². The quantitative estimate of drug-likeness (QED) is 0.751. The van der Waals surface area contributed by atoms with E-state index in [-0.39, 0.29) is 11.9 Å². The minimum Gasteiger partial charge on any atom is -0.497 e. The van der Waals surface area contributed by atoms with Gasteiger partial charge in [0, 0.05) is 61.2 Å². The number of H-pyrrole nitrogens is 1. The molecular weight excluding hydrogens is 345 g/mol. The fraction of sp³-hybridized carbons (Fsp3) is 0.350. The number of halogens is 1. The number of aromatic nitrogens is 4. The number of hydrogen-bond acceptors (Lipinski definition) is 5. The summed E-state index contributed by atoms with van der Waals surface area (Å²) in [5.41, 5.74) is 3.53. The number of benzene rings is 1. The van der Waals surface area contributed by atoms with E-state index in [9.17, 15) is 4.39 Å². The van der Waals surface area contributed by atoms with Gasteiger partial charge in [-0.05, 0) is 6.07 Å². The summed E-state index contributed by atoms with van der Waals surface area (Å²) >= 11 is 0. The average molecular weight is 367 g/mol. The number of aryl methyl sites for hydroxylation is 1. The van der Waals surface area contributed by atoms with Crippen molar-refractivity contribution in [2.24, 2.45) is 0 Å². The van der Waals surface area contributed by atoms with Crippen molar-refractivity contribution < 1.29 is 9.13 Å². The lowest BCUT2D eigenvalue weighted by molar-refractivity contribution is 0.196. The van der Waals surface area contributed by atoms with Gasteiger partial charge in [-0.2, -0.15) is 0 Å². The highest BCUT2D eigenvalue weighted by atomic mass is 19.1. The van der Waals surface area contributed by atoms with Crippen LogP contribution in [0, 0.1) is 5.82 Å². The Kier molecular flexibility index (Phi) is 4.85. The van der Waals surface area contributed by atoms with E-state index in [0.29, 0.717) is 17.9 Å². The Labute approximate surface area is 157 Å². The second-order valence-corrected chi connectivity index (χ2v) is 6.64. The van der Waals surface area contributed by atoms with Crippen LogP contribution in [0.2, 0.25) is 0 Å². The first-order chi connectivity index (χ1) is 13.2. The van der Waals surface area contributed by atoms with Crippen LogP contribution >= 0.6 is 0 Å². The highest BCUT2D eigenvalue weighted by Crippen LogP contribution is 2.36. The first-order valence-electron chi connectivity index (χ1n) is 9.09. The Bertz CT molecular complexity index is 924. The van der Waals surface area contributed by atoms with E-state index in [2.05, 4.69) is 24.8 Å². The average Bonchev–Trinajstić information content (AvgIpc) is 3.17. The molecule has 0 radical (unpaired) electrons. The van der Waals surface area contributed by atoms with Gasteiger partial charge in [-0.3, -0.25) is 4.90 Å². The number of aromatic amines is 1. The van der Waals surface area contributed by atoms with Gasteiger partial charge in [0.2, 0.25) is 0 Å². The molecule has 140 valence electrons. The molecule has 1 aromatic carbocycles. The first kappa shape index (κ1) is 17.6. The number of nitrogens with zero attached hydrogens (tertiary/aromatic N) is 4. The van der Waals surface area contributed by atoms with Gasteiger partial charge in [-0.25, -0.2) is 19.3 Å². The Hall–Kier alpha value is -2.80. The largest absolute Gasteiger partial charge is 0.497 e. The molecule has 1 N–H and O–H groups in total. The summed E-state index contributed by atoms with van der Waals surface area (Å²) in [6, 6.07) is 4.73. The summed E-state index contributed by atoms with van der Waals surface area (Å²) in [5, 5.41) is 0. The highest BCUT2D eigenvalue weighted by molar-refractivity contribution is 5.37. The van der Waals surface area contributed by atoms with Crippen LogP contribution in [-0.4, -0.2) is 38.5 Å². The lowest BCUT2D eigenvalue weighted by Gasteiger charge is -2.35. The molecule has 0 bridgehead atoms. The zero-order chi connectivity index (χ0) is 18.8. The molecule has 1 aliphatic rings. The minimum absolute atomic E-state index is 0.267. The number of imidazole rings is 1. The van der Waals surface area contributed by atoms with Crippen molar-refractivity contribution in [3.63, 3.8) is 0 Å². The lowest BCUT2D eigenvalue weighted by atomic mass is 9.94. The van der Waals surface area contributed by atoms with E-state index in [0.717, 1.165) is 42.2 Å². The van der Waals surface area contributed by atoms with Crippen LogP contribution in [0.15, 0.2) is 36.9 Å². The van der Waals surface area contributed by atoms with E-state index >= 15 is 0 Å². The molecule has 3 heterocycles. The summed E-state index contributed by atoms with van der Waals surface area (Å²) < 4.78 is 20.0. The molecule has 6 nitrogen and oxygen atoms in total. The number of fused-ring (bicyclic) bond motifs is 1. The zero-order valence-corrected chi connectivity index (χ0v) is 15.4. The number of methoxy groups -OCH3 is 1. The van der Waals surface area contributed by atoms with Gasteiger partial charge in [0.05, 0.1) is 25.2 Å². The minimum atomic E-state index is -0.294. The molecule has 7 heteroatoms. The molecule has 0 amide bonds. The molecular formula is C20H22FN5O. The van der Waals surface area contributed by atoms with Crippen molar-refractivity contribution in [3.05, 3.63) is 71.1 Å². The van der Waals surface area contributed by atoms with Gasteiger partial charge in [0.25, 0.3) is 0 Å². The van der Waals surface area contributed by atoms with Crippen LogP contribution in [0.1, 0.15) is 41.3 Å². The van der Waals surface area contributed by atoms with E-state index in [4.69, 9.17) is 4.74 Å². The van der Waals surface area contributed by atoms with Crippen LogP contribution in [0.4, 0.5) is 4.39 Å². The van der Waals surface area contributed by atoms with E-state index < -0.39 is 0 Å². The van der Waals surface area contributed by atoms with Crippen molar-refractivity contribution in [2.45, 2.75) is 32.4 Å². The molecule has 4 rings (SSSR count). The summed E-state index contributed by atoms with van der Waals surface area (Å²) in [5.74, 6) is 1.03. The number of hydrogen-bond donors (Lipinski definition) is 1. The maximum atomic E-state index is 14.9. The number of ether oxygens (including phenoxy) is 1. The monoisotopic (exact) mass is 367 g/mol. The summed E-state index contributed by atoms with van der Waals surface area (Å²) in [7, 11) is 1.53. The van der Waals surface area contributed by atoms with E-state index in [1.807, 2.05) is 19.3 Å². The molecule has 0 fully saturated rings. The Morgan fingerprint density at radius 2 is 2.07 bits per heavy atom. The summed E-state index contributed by atoms with van der Waals surface area (Å²) in [4.78, 5) is 18.7. The molecule has 1 unspecified atom stereocenters. The van der Waals surface area contributed by atoms with Gasteiger partial charge in [0.1, 0.15) is 17.4 Å². The predicted molar refractivity (Wildman–Crippen MR) is 98.9 cm³/mol. The first-order valence-corrected chi connectivity index (χ1v) is 9.09. The standard InChI is InChI=1S/C20H22FN5O/c1-3-18-22-9-13(10-23-18)11-26-7-6-17-19(25-12-24-17)20(26)15-5-4-14(27-2)8-16(15)21/h4-5,8-10,12,20H,3,6-7,11H2,1-2H3,(H,24,25). The molecule has 0 spiro atoms. The maximum Gasteiger partial charge on any atom is 0.132 e. The Morgan fingerprint density at radius 1 is 1.26 bits per heavy atom.